The van der Waals surface area contributed by atoms with Crippen LogP contribution >= 0.6 is 11.8 Å². The number of nitrogens with one attached hydrogen (secondary N) is 14. The Morgan fingerprint density at radius 2 is 0.856 bits per heavy atom. The van der Waals surface area contributed by atoms with Crippen LogP contribution in [0, 0.1) is 11.8 Å². The van der Waals surface area contributed by atoms with Gasteiger partial charge in [0.15, 0.2) is 0 Å². The molecule has 2 rings (SSSR count). The Bertz CT molecular complexity index is 2710. The van der Waals surface area contributed by atoms with E-state index in [1.807, 2.05) is 11.8 Å². The summed E-state index contributed by atoms with van der Waals surface area (Å²) < 4.78 is 22.2. The van der Waals surface area contributed by atoms with Gasteiger partial charge in [-0.2, -0.15) is 11.8 Å². The van der Waals surface area contributed by atoms with Crippen LogP contribution in [0.5, 0.6) is 0 Å². The van der Waals surface area contributed by atoms with Crippen LogP contribution in [-0.2, 0) is 81.3 Å². The molecule has 0 spiro atoms. The summed E-state index contributed by atoms with van der Waals surface area (Å²) in [5, 5.41) is 75.3. The van der Waals surface area contributed by atoms with Gasteiger partial charge < -0.3 is 125 Å². The van der Waals surface area contributed by atoms with Gasteiger partial charge in [0.1, 0.15) is 36.8 Å². The molecule has 0 aromatic carbocycles. The third-order valence-electron chi connectivity index (χ3n) is 16.3. The van der Waals surface area contributed by atoms with Crippen LogP contribution in [0.15, 0.2) is 12.3 Å². The van der Waals surface area contributed by atoms with Crippen LogP contribution in [0.4, 0.5) is 4.79 Å². The summed E-state index contributed by atoms with van der Waals surface area (Å²) in [6.07, 6.45) is 7.35. The average Bonchev–Trinajstić information content (AvgIpc) is 1.67. The molecule has 2 aliphatic rings. The van der Waals surface area contributed by atoms with E-state index >= 15 is 0 Å². The van der Waals surface area contributed by atoms with Crippen molar-refractivity contribution in [1.29, 1.82) is 0 Å². The van der Waals surface area contributed by atoms with Gasteiger partial charge in [-0.25, -0.2) is 4.79 Å². The van der Waals surface area contributed by atoms with Crippen molar-refractivity contribution in [3.63, 3.8) is 0 Å². The molecule has 15 amide bonds. The number of rotatable bonds is 62. The van der Waals surface area contributed by atoms with Crippen LogP contribution in [0.3, 0.4) is 0 Å². The third kappa shape index (κ3) is 42.0. The number of unbranched alkanes of at least 4 members (excludes halogenated alkanes) is 5. The second-order valence-corrected chi connectivity index (χ2v) is 26.3. The lowest BCUT2D eigenvalue weighted by molar-refractivity contribution is -0.133. The molecule has 39 heteroatoms. The lowest BCUT2D eigenvalue weighted by Crippen LogP contribution is -2.54. The number of hydrogen-bond acceptors (Lipinski definition) is 24. The molecule has 104 heavy (non-hydrogen) atoms. The highest BCUT2D eigenvalue weighted by molar-refractivity contribution is 8.00. The molecule has 2 saturated heterocycles. The van der Waals surface area contributed by atoms with Crippen LogP contribution in [0.1, 0.15) is 123 Å². The van der Waals surface area contributed by atoms with Crippen LogP contribution in [0.2, 0.25) is 0 Å². The van der Waals surface area contributed by atoms with Crippen molar-refractivity contribution >= 4 is 94.6 Å². The number of urea groups is 1. The largest absolute Gasteiger partial charge is 0.394 e. The first-order valence-corrected chi connectivity index (χ1v) is 36.4. The Labute approximate surface area is 610 Å². The second kappa shape index (κ2) is 55.4. The molecule has 2 heterocycles. The Kier molecular flexibility index (Phi) is 49.1. The number of carbonyl (C=O) groups is 14. The van der Waals surface area contributed by atoms with Crippen molar-refractivity contribution in [3.05, 3.63) is 12.3 Å². The quantitative estimate of drug-likeness (QED) is 0.0199. The van der Waals surface area contributed by atoms with E-state index in [2.05, 4.69) is 81.0 Å². The molecule has 0 radical (unpaired) electrons. The molecule has 0 aliphatic carbocycles. The highest BCUT2D eigenvalue weighted by atomic mass is 32.2. The summed E-state index contributed by atoms with van der Waals surface area (Å²) >= 11 is 1.89. The van der Waals surface area contributed by atoms with Gasteiger partial charge in [0, 0.05) is 80.5 Å². The Hall–Kier alpha value is -8.05. The number of thioether (sulfide) groups is 1. The number of ether oxygens (including phenoxy) is 4. The fourth-order valence-corrected chi connectivity index (χ4v) is 11.7. The number of primary amides is 2. The van der Waals surface area contributed by atoms with Crippen molar-refractivity contribution in [2.24, 2.45) is 23.3 Å². The molecule has 2 aliphatic heterocycles. The lowest BCUT2D eigenvalue weighted by atomic mass is 10.0. The molecule has 2 fully saturated rings. The molecule has 0 unspecified atom stereocenters. The normalized spacial score (nSPS) is 16.3. The zero-order valence-electron chi connectivity index (χ0n) is 59.8. The fraction of sp³-hybridized carbons (Fsp3) is 0.754. The van der Waals surface area contributed by atoms with Gasteiger partial charge in [0.25, 0.3) is 0 Å². The van der Waals surface area contributed by atoms with E-state index in [-0.39, 0.29) is 114 Å². The number of nitrogens with two attached hydrogens (primary N) is 2. The van der Waals surface area contributed by atoms with E-state index in [0.29, 0.717) is 102 Å². The molecule has 38 nitrogen and oxygen atoms in total. The van der Waals surface area contributed by atoms with Gasteiger partial charge in [-0.1, -0.05) is 46.1 Å². The van der Waals surface area contributed by atoms with Crippen molar-refractivity contribution in [3.8, 4) is 0 Å². The average molecular weight is 1500 g/mol. The van der Waals surface area contributed by atoms with Gasteiger partial charge in [0.05, 0.1) is 97.8 Å². The van der Waals surface area contributed by atoms with E-state index < -0.39 is 141 Å². The number of aliphatic hydroxyl groups is 4. The van der Waals surface area contributed by atoms with Crippen molar-refractivity contribution in [1.82, 2.24) is 74.4 Å². The number of fused-ring (bicyclic) bond motifs is 1. The van der Waals surface area contributed by atoms with Crippen LogP contribution < -0.4 is 85.9 Å². The predicted molar refractivity (Wildman–Crippen MR) is 377 cm³/mol. The van der Waals surface area contributed by atoms with Gasteiger partial charge >= 0.3 is 6.03 Å². The second-order valence-electron chi connectivity index (χ2n) is 25.0. The van der Waals surface area contributed by atoms with Gasteiger partial charge in [-0.15, -0.1) is 0 Å². The lowest BCUT2D eigenvalue weighted by Gasteiger charge is -2.20. The Balaban J connectivity index is 1.64. The van der Waals surface area contributed by atoms with E-state index in [9.17, 15) is 87.5 Å². The van der Waals surface area contributed by atoms with Gasteiger partial charge in [0.2, 0.25) is 76.8 Å². The van der Waals surface area contributed by atoms with Crippen molar-refractivity contribution in [2.75, 3.05) is 131 Å². The summed E-state index contributed by atoms with van der Waals surface area (Å²) in [6.45, 7) is 5.10. The molecule has 22 N–H and O–H groups in total. The highest BCUT2D eigenvalue weighted by Gasteiger charge is 2.42. The Morgan fingerprint density at radius 3 is 1.34 bits per heavy atom. The first kappa shape index (κ1) is 92.0. The summed E-state index contributed by atoms with van der Waals surface area (Å²) in [6, 6.07) is -6.60. The molecule has 0 bridgehead atoms. The maximum absolute atomic E-state index is 13.3. The molecule has 0 aromatic heterocycles. The SMILES string of the molecule is C=C(COCCOCCNC(=O)CCCCC[C@@H]1SC[C@@H]2NC(=O)N[C@@H]21)NCCOCCOCC(=O)N[C@@H](CCCCNC(=O)[C@H](CO)NC(=O)CNC(=O)[C@H](CO)NC(=O)CCCC(=O)N[C@@H](CO)C(=O)NCC(=O)N[C@@H](CO)C(=O)NCCCC[C@H](C)C(N)=O)C(=O)NCCCC[C@H](C)C(N)=O. The minimum Gasteiger partial charge on any atom is -0.394 e. The smallest absolute Gasteiger partial charge is 0.315 e. The van der Waals surface area contributed by atoms with E-state index in [1.165, 1.54) is 0 Å². The Morgan fingerprint density at radius 1 is 0.442 bits per heavy atom. The van der Waals surface area contributed by atoms with Crippen molar-refractivity contribution < 1.29 is 106 Å². The van der Waals surface area contributed by atoms with Crippen molar-refractivity contribution in [2.45, 2.75) is 171 Å². The van der Waals surface area contributed by atoms with E-state index in [4.69, 9.17) is 30.4 Å². The summed E-state index contributed by atoms with van der Waals surface area (Å²) in [5.41, 5.74) is 11.2. The predicted octanol–water partition coefficient (Wildman–Crippen LogP) is -6.71. The number of aliphatic hydroxyl groups excluding tert-OH is 4. The van der Waals surface area contributed by atoms with E-state index in [1.54, 1.807) is 13.8 Å². The number of carbonyl (C=O) groups excluding carboxylic acids is 14. The molecule has 592 valence electrons. The molecule has 10 atom stereocenters. The fourth-order valence-electron chi connectivity index (χ4n) is 10.2. The topological polar surface area (TPSA) is 577 Å². The monoisotopic (exact) mass is 1500 g/mol. The zero-order valence-corrected chi connectivity index (χ0v) is 60.7. The first-order chi connectivity index (χ1) is 49.8. The van der Waals surface area contributed by atoms with Gasteiger partial charge in [-0.3, -0.25) is 62.3 Å². The number of amides is 15. The first-order valence-electron chi connectivity index (χ1n) is 35.4. The summed E-state index contributed by atoms with van der Waals surface area (Å²) in [7, 11) is 0. The molecule has 0 aromatic rings. The molecule has 0 saturated carbocycles. The van der Waals surface area contributed by atoms with Gasteiger partial charge in [-0.05, 0) is 64.2 Å². The standard InChI is InChI=1S/C65H114N16O22S/c1-41(58(66)92)14-7-10-21-70-60(94)44(75-56(91)39-103-31-29-100-26-24-68-43(3)38-102-30-28-101-27-25-69-51(86)18-6-4-5-17-50-57-49(40-104-50)80-65(99)81-57)16-9-12-23-72-62(96)46(35-83)79-55(90)33-74-64(98)48(37-85)77-53(88)20-13-19-52(87)76-47(36-84)63(97)73-32-54(89)78-45(34-82)61(95)71-22-11-8-15-42(2)59(67)93/h41-42,44-50,57,68,82-85H,3-40H2,1-2H3,(H2,66,92)(H2,67,93)(H,69,86)(H,70,94)(H,71,95)(H,72,96)(H,73,97)(H,74,98)(H,75,91)(H,76,87)(H,77,88)(H,78,89)(H,79,90)(H2,80,81,99)/t41-,42-,44-,45-,46-,47-,48-,49-,50-,57-/m0/s1. The highest BCUT2D eigenvalue weighted by Crippen LogP contribution is 2.33. The number of hydrogen-bond donors (Lipinski definition) is 20. The van der Waals surface area contributed by atoms with Crippen LogP contribution in [-0.4, -0.2) is 282 Å². The zero-order chi connectivity index (χ0) is 77.0. The van der Waals surface area contributed by atoms with E-state index in [0.717, 1.165) is 31.4 Å². The minimum atomic E-state index is -1.56. The summed E-state index contributed by atoms with van der Waals surface area (Å²) in [4.78, 5) is 174. The third-order valence-corrected chi connectivity index (χ3v) is 17.8. The molecular formula is C65H114N16O22S. The van der Waals surface area contributed by atoms with Crippen LogP contribution in [0.25, 0.3) is 0 Å². The maximum atomic E-state index is 13.3. The minimum absolute atomic E-state index is 0.0141. The molecular weight excluding hydrogens is 1390 g/mol. The summed E-state index contributed by atoms with van der Waals surface area (Å²) in [5.74, 6) is -8.58. The maximum Gasteiger partial charge on any atom is 0.315 e.